The molecule has 2 rings (SSSR count). The fourth-order valence-electron chi connectivity index (χ4n) is 2.48. The summed E-state index contributed by atoms with van der Waals surface area (Å²) < 4.78 is 21.2. The summed E-state index contributed by atoms with van der Waals surface area (Å²) in [6.07, 6.45) is 0.656. The molecule has 0 radical (unpaired) electrons. The summed E-state index contributed by atoms with van der Waals surface area (Å²) in [4.78, 5) is 0. The van der Waals surface area contributed by atoms with E-state index >= 15 is 0 Å². The average molecular weight is 317 g/mol. The Balaban J connectivity index is 2.24. The Kier molecular flexibility index (Phi) is 5.71. The Morgan fingerprint density at radius 2 is 1.39 bits per heavy atom. The fraction of sp³-hybridized carbons (Fsp3) is 0.333. The fourth-order valence-corrected chi connectivity index (χ4v) is 2.48. The van der Waals surface area contributed by atoms with Crippen LogP contribution in [0.1, 0.15) is 17.2 Å². The van der Waals surface area contributed by atoms with Gasteiger partial charge in [0.2, 0.25) is 5.75 Å². The third-order valence-corrected chi connectivity index (χ3v) is 3.72. The Hall–Kier alpha value is -2.40. The third-order valence-electron chi connectivity index (χ3n) is 3.72. The number of hydrogen-bond acceptors (Lipinski definition) is 5. The second-order valence-corrected chi connectivity index (χ2v) is 5.12. The maximum absolute atomic E-state index is 6.32. The largest absolute Gasteiger partial charge is 0.497 e. The Morgan fingerprint density at radius 3 is 1.83 bits per heavy atom. The van der Waals surface area contributed by atoms with Gasteiger partial charge in [0.25, 0.3) is 0 Å². The number of ether oxygens (including phenoxy) is 4. The SMILES string of the molecule is COc1ccc([C@@H](N)Cc2cc(OC)c(OC)c(OC)c2)cc1. The summed E-state index contributed by atoms with van der Waals surface area (Å²) in [6, 6.07) is 11.5. The van der Waals surface area contributed by atoms with Crippen LogP contribution in [0.15, 0.2) is 36.4 Å². The van der Waals surface area contributed by atoms with Crippen LogP contribution < -0.4 is 24.7 Å². The van der Waals surface area contributed by atoms with Gasteiger partial charge >= 0.3 is 0 Å². The molecule has 0 spiro atoms. The van der Waals surface area contributed by atoms with Crippen LogP contribution in [0.4, 0.5) is 0 Å². The molecule has 0 saturated carbocycles. The Bertz CT molecular complexity index is 615. The number of rotatable bonds is 7. The van der Waals surface area contributed by atoms with Gasteiger partial charge < -0.3 is 24.7 Å². The molecular weight excluding hydrogens is 294 g/mol. The van der Waals surface area contributed by atoms with Crippen LogP contribution >= 0.6 is 0 Å². The van der Waals surface area contributed by atoms with Gasteiger partial charge in [0.15, 0.2) is 11.5 Å². The summed E-state index contributed by atoms with van der Waals surface area (Å²) in [5.41, 5.74) is 8.38. The van der Waals surface area contributed by atoms with Crippen molar-refractivity contribution in [1.29, 1.82) is 0 Å². The third kappa shape index (κ3) is 3.87. The van der Waals surface area contributed by atoms with Crippen molar-refractivity contribution in [2.45, 2.75) is 12.5 Å². The lowest BCUT2D eigenvalue weighted by atomic mass is 9.99. The zero-order valence-corrected chi connectivity index (χ0v) is 14.0. The van der Waals surface area contributed by atoms with E-state index in [-0.39, 0.29) is 6.04 Å². The van der Waals surface area contributed by atoms with Crippen molar-refractivity contribution in [1.82, 2.24) is 0 Å². The van der Waals surface area contributed by atoms with Gasteiger partial charge in [-0.3, -0.25) is 0 Å². The molecule has 23 heavy (non-hydrogen) atoms. The number of hydrogen-bond donors (Lipinski definition) is 1. The zero-order chi connectivity index (χ0) is 16.8. The normalized spacial score (nSPS) is 11.7. The first-order chi connectivity index (χ1) is 11.1. The molecule has 0 heterocycles. The van der Waals surface area contributed by atoms with Crippen LogP contribution in [0.5, 0.6) is 23.0 Å². The standard InChI is InChI=1S/C18H23NO4/c1-20-14-7-5-13(6-8-14)15(19)9-12-10-16(21-2)18(23-4)17(11-12)22-3/h5-8,10-11,15H,9,19H2,1-4H3/t15-/m0/s1. The summed E-state index contributed by atoms with van der Waals surface area (Å²) in [5, 5.41) is 0. The molecule has 0 fully saturated rings. The van der Waals surface area contributed by atoms with Gasteiger partial charge in [-0.2, -0.15) is 0 Å². The van der Waals surface area contributed by atoms with E-state index in [2.05, 4.69) is 0 Å². The van der Waals surface area contributed by atoms with E-state index in [1.54, 1.807) is 28.4 Å². The summed E-state index contributed by atoms with van der Waals surface area (Å²) in [6.45, 7) is 0. The van der Waals surface area contributed by atoms with E-state index < -0.39 is 0 Å². The van der Waals surface area contributed by atoms with Crippen molar-refractivity contribution < 1.29 is 18.9 Å². The van der Waals surface area contributed by atoms with E-state index in [1.165, 1.54) is 0 Å². The van der Waals surface area contributed by atoms with Crippen molar-refractivity contribution in [2.24, 2.45) is 5.73 Å². The molecule has 0 amide bonds. The first-order valence-corrected chi connectivity index (χ1v) is 7.31. The molecular formula is C18H23NO4. The molecule has 2 aromatic rings. The van der Waals surface area contributed by atoms with Gasteiger partial charge in [0, 0.05) is 6.04 Å². The van der Waals surface area contributed by atoms with Crippen LogP contribution in [0.2, 0.25) is 0 Å². The molecule has 124 valence electrons. The van der Waals surface area contributed by atoms with E-state index in [9.17, 15) is 0 Å². The smallest absolute Gasteiger partial charge is 0.203 e. The van der Waals surface area contributed by atoms with Gasteiger partial charge in [-0.25, -0.2) is 0 Å². The van der Waals surface area contributed by atoms with Gasteiger partial charge in [-0.1, -0.05) is 12.1 Å². The summed E-state index contributed by atoms with van der Waals surface area (Å²) >= 11 is 0. The summed E-state index contributed by atoms with van der Waals surface area (Å²) in [7, 11) is 6.43. The van der Waals surface area contributed by atoms with Crippen molar-refractivity contribution in [3.05, 3.63) is 47.5 Å². The van der Waals surface area contributed by atoms with E-state index in [4.69, 9.17) is 24.7 Å². The number of benzene rings is 2. The quantitative estimate of drug-likeness (QED) is 0.850. The van der Waals surface area contributed by atoms with Gasteiger partial charge in [0.05, 0.1) is 28.4 Å². The Morgan fingerprint density at radius 1 is 0.826 bits per heavy atom. The molecule has 1 atom stereocenters. The maximum Gasteiger partial charge on any atom is 0.203 e. The minimum atomic E-state index is -0.135. The molecule has 0 saturated heterocycles. The first kappa shape index (κ1) is 17.0. The molecule has 2 aromatic carbocycles. The highest BCUT2D eigenvalue weighted by molar-refractivity contribution is 5.54. The maximum atomic E-state index is 6.32. The second kappa shape index (κ2) is 7.74. The molecule has 0 aliphatic rings. The highest BCUT2D eigenvalue weighted by atomic mass is 16.5. The minimum absolute atomic E-state index is 0.135. The highest BCUT2D eigenvalue weighted by Gasteiger charge is 2.15. The van der Waals surface area contributed by atoms with Crippen LogP contribution in [0, 0.1) is 0 Å². The highest BCUT2D eigenvalue weighted by Crippen LogP contribution is 2.39. The van der Waals surface area contributed by atoms with Crippen LogP contribution in [-0.4, -0.2) is 28.4 Å². The van der Waals surface area contributed by atoms with Gasteiger partial charge in [-0.05, 0) is 41.8 Å². The lowest BCUT2D eigenvalue weighted by molar-refractivity contribution is 0.323. The topological polar surface area (TPSA) is 62.9 Å². The van der Waals surface area contributed by atoms with Crippen molar-refractivity contribution >= 4 is 0 Å². The molecule has 0 aliphatic heterocycles. The predicted octanol–water partition coefficient (Wildman–Crippen LogP) is 2.96. The molecule has 5 nitrogen and oxygen atoms in total. The van der Waals surface area contributed by atoms with Crippen molar-refractivity contribution in [3.8, 4) is 23.0 Å². The lowest BCUT2D eigenvalue weighted by Gasteiger charge is -2.17. The monoisotopic (exact) mass is 317 g/mol. The van der Waals surface area contributed by atoms with Crippen LogP contribution in [0.3, 0.4) is 0 Å². The molecule has 0 unspecified atom stereocenters. The molecule has 2 N–H and O–H groups in total. The molecule has 0 aliphatic carbocycles. The van der Waals surface area contributed by atoms with Gasteiger partial charge in [0.1, 0.15) is 5.75 Å². The van der Waals surface area contributed by atoms with E-state index in [1.807, 2.05) is 36.4 Å². The van der Waals surface area contributed by atoms with Crippen molar-refractivity contribution in [3.63, 3.8) is 0 Å². The van der Waals surface area contributed by atoms with Gasteiger partial charge in [-0.15, -0.1) is 0 Å². The van der Waals surface area contributed by atoms with E-state index in [0.717, 1.165) is 16.9 Å². The van der Waals surface area contributed by atoms with Crippen molar-refractivity contribution in [2.75, 3.05) is 28.4 Å². The Labute approximate surface area is 136 Å². The zero-order valence-electron chi connectivity index (χ0n) is 14.0. The first-order valence-electron chi connectivity index (χ1n) is 7.31. The summed E-state index contributed by atoms with van der Waals surface area (Å²) in [5.74, 6) is 2.65. The molecule has 0 bridgehead atoms. The molecule has 0 aromatic heterocycles. The average Bonchev–Trinajstić information content (AvgIpc) is 2.60. The lowest BCUT2D eigenvalue weighted by Crippen LogP contribution is -2.13. The van der Waals surface area contributed by atoms with Crippen LogP contribution in [0.25, 0.3) is 0 Å². The number of nitrogens with two attached hydrogens (primary N) is 1. The number of methoxy groups -OCH3 is 4. The second-order valence-electron chi connectivity index (χ2n) is 5.12. The van der Waals surface area contributed by atoms with Crippen LogP contribution in [-0.2, 0) is 6.42 Å². The minimum Gasteiger partial charge on any atom is -0.497 e. The molecule has 5 heteroatoms. The van der Waals surface area contributed by atoms with E-state index in [0.29, 0.717) is 23.7 Å². The predicted molar refractivity (Wildman–Crippen MR) is 89.7 cm³/mol.